The van der Waals surface area contributed by atoms with Gasteiger partial charge < -0.3 is 5.32 Å². The van der Waals surface area contributed by atoms with Gasteiger partial charge in [0.15, 0.2) is 0 Å². The molecule has 0 bridgehead atoms. The number of nitrogens with one attached hydrogen (secondary N) is 1. The van der Waals surface area contributed by atoms with Gasteiger partial charge in [-0.15, -0.1) is 0 Å². The van der Waals surface area contributed by atoms with Crippen LogP contribution in [0.4, 0.5) is 10.1 Å². The van der Waals surface area contributed by atoms with E-state index >= 15 is 0 Å². The lowest BCUT2D eigenvalue weighted by molar-refractivity contribution is 0.597. The van der Waals surface area contributed by atoms with Gasteiger partial charge >= 0.3 is 0 Å². The van der Waals surface area contributed by atoms with Crippen molar-refractivity contribution < 1.29 is 12.8 Å². The zero-order chi connectivity index (χ0) is 15.6. The number of rotatable bonds is 4. The highest BCUT2D eigenvalue weighted by Crippen LogP contribution is 2.26. The first-order chi connectivity index (χ1) is 9.77. The lowest BCUT2D eigenvalue weighted by Crippen LogP contribution is -2.12. The summed E-state index contributed by atoms with van der Waals surface area (Å²) in [5.41, 5.74) is 2.08. The maximum atomic E-state index is 13.5. The summed E-state index contributed by atoms with van der Waals surface area (Å²) in [6.45, 7) is 2.12. The topological polar surface area (TPSA) is 72.2 Å². The molecule has 4 nitrogen and oxygen atoms in total. The number of anilines is 1. The van der Waals surface area contributed by atoms with Gasteiger partial charge in [0.1, 0.15) is 5.82 Å². The van der Waals surface area contributed by atoms with Crippen molar-refractivity contribution in [2.45, 2.75) is 18.4 Å². The molecule has 0 saturated heterocycles. The summed E-state index contributed by atoms with van der Waals surface area (Å²) >= 11 is 3.28. The van der Waals surface area contributed by atoms with Gasteiger partial charge in [0.25, 0.3) is 0 Å². The van der Waals surface area contributed by atoms with Crippen LogP contribution in [0.15, 0.2) is 45.8 Å². The Hall–Kier alpha value is -1.44. The van der Waals surface area contributed by atoms with Crippen LogP contribution >= 0.6 is 15.9 Å². The van der Waals surface area contributed by atoms with Crippen molar-refractivity contribution in [1.82, 2.24) is 0 Å². The molecule has 0 amide bonds. The van der Waals surface area contributed by atoms with Gasteiger partial charge in [-0.2, -0.15) is 0 Å². The number of primary sulfonamides is 1. The van der Waals surface area contributed by atoms with Crippen molar-refractivity contribution >= 4 is 31.6 Å². The number of hydrogen-bond donors (Lipinski definition) is 2. The summed E-state index contributed by atoms with van der Waals surface area (Å²) in [7, 11) is -3.73. The SMILES string of the molecule is Cc1ccc(CNc2ccc(S(N)(=O)=O)cc2Br)cc1F. The minimum absolute atomic E-state index is 0.0290. The smallest absolute Gasteiger partial charge is 0.238 e. The van der Waals surface area contributed by atoms with Gasteiger partial charge in [-0.05, 0) is 58.2 Å². The van der Waals surface area contributed by atoms with E-state index in [1.165, 1.54) is 18.2 Å². The molecule has 2 aromatic rings. The van der Waals surface area contributed by atoms with Crippen LogP contribution in [0.25, 0.3) is 0 Å². The van der Waals surface area contributed by atoms with E-state index in [0.29, 0.717) is 22.3 Å². The van der Waals surface area contributed by atoms with Crippen molar-refractivity contribution in [3.05, 3.63) is 57.8 Å². The number of hydrogen-bond acceptors (Lipinski definition) is 3. The number of halogens is 2. The van der Waals surface area contributed by atoms with Crippen LogP contribution in [0.2, 0.25) is 0 Å². The fraction of sp³-hybridized carbons (Fsp3) is 0.143. The van der Waals surface area contributed by atoms with Crippen molar-refractivity contribution in [3.63, 3.8) is 0 Å². The van der Waals surface area contributed by atoms with Crippen molar-refractivity contribution in [2.75, 3.05) is 5.32 Å². The second kappa shape index (κ2) is 6.13. The van der Waals surface area contributed by atoms with E-state index in [-0.39, 0.29) is 10.7 Å². The Balaban J connectivity index is 2.15. The Morgan fingerprint density at radius 3 is 2.52 bits per heavy atom. The molecule has 21 heavy (non-hydrogen) atoms. The third-order valence-corrected chi connectivity index (χ3v) is 4.56. The first-order valence-electron chi connectivity index (χ1n) is 6.08. The predicted octanol–water partition coefficient (Wildman–Crippen LogP) is 3.16. The second-order valence-electron chi connectivity index (χ2n) is 4.62. The Labute approximate surface area is 131 Å². The molecule has 0 aliphatic rings. The Morgan fingerprint density at radius 1 is 1.24 bits per heavy atom. The average molecular weight is 373 g/mol. The monoisotopic (exact) mass is 372 g/mol. The molecule has 0 radical (unpaired) electrons. The van der Waals surface area contributed by atoms with E-state index in [1.807, 2.05) is 6.07 Å². The molecule has 112 valence electrons. The quantitative estimate of drug-likeness (QED) is 0.865. The number of aryl methyl sites for hydroxylation is 1. The first-order valence-corrected chi connectivity index (χ1v) is 8.42. The van der Waals surface area contributed by atoms with E-state index in [9.17, 15) is 12.8 Å². The average Bonchev–Trinajstić information content (AvgIpc) is 2.40. The van der Waals surface area contributed by atoms with Crippen molar-refractivity contribution in [1.29, 1.82) is 0 Å². The minimum Gasteiger partial charge on any atom is -0.380 e. The van der Waals surface area contributed by atoms with Crippen molar-refractivity contribution in [3.8, 4) is 0 Å². The van der Waals surface area contributed by atoms with E-state index in [0.717, 1.165) is 5.56 Å². The van der Waals surface area contributed by atoms with Crippen LogP contribution in [0.3, 0.4) is 0 Å². The molecular formula is C14H14BrFN2O2S. The molecule has 2 aromatic carbocycles. The van der Waals surface area contributed by atoms with Crippen LogP contribution in [0, 0.1) is 12.7 Å². The number of nitrogens with two attached hydrogens (primary N) is 1. The van der Waals surface area contributed by atoms with Crippen LogP contribution in [0.1, 0.15) is 11.1 Å². The largest absolute Gasteiger partial charge is 0.380 e. The molecular weight excluding hydrogens is 359 g/mol. The normalized spacial score (nSPS) is 11.4. The van der Waals surface area contributed by atoms with Crippen LogP contribution in [0.5, 0.6) is 0 Å². The molecule has 7 heteroatoms. The molecule has 0 fully saturated rings. The molecule has 0 aliphatic carbocycles. The molecule has 0 spiro atoms. The van der Waals surface area contributed by atoms with E-state index in [2.05, 4.69) is 21.2 Å². The van der Waals surface area contributed by atoms with Gasteiger partial charge in [-0.3, -0.25) is 0 Å². The molecule has 2 rings (SSSR count). The van der Waals surface area contributed by atoms with Gasteiger partial charge in [0.2, 0.25) is 10.0 Å². The zero-order valence-corrected chi connectivity index (χ0v) is 13.6. The second-order valence-corrected chi connectivity index (χ2v) is 7.04. The Bertz CT molecular complexity index is 779. The molecule has 0 heterocycles. The van der Waals surface area contributed by atoms with E-state index in [1.54, 1.807) is 19.1 Å². The first kappa shape index (κ1) is 15.9. The summed E-state index contributed by atoms with van der Waals surface area (Å²) in [5.74, 6) is -0.252. The third kappa shape index (κ3) is 4.03. The van der Waals surface area contributed by atoms with E-state index < -0.39 is 10.0 Å². The molecule has 0 saturated carbocycles. The lowest BCUT2D eigenvalue weighted by atomic mass is 10.1. The summed E-state index contributed by atoms with van der Waals surface area (Å²) < 4.78 is 36.5. The van der Waals surface area contributed by atoms with Crippen molar-refractivity contribution in [2.24, 2.45) is 5.14 Å². The van der Waals surface area contributed by atoms with Gasteiger partial charge in [0, 0.05) is 16.7 Å². The molecule has 0 atom stereocenters. The summed E-state index contributed by atoms with van der Waals surface area (Å²) in [5, 5.41) is 8.17. The summed E-state index contributed by atoms with van der Waals surface area (Å²) in [6, 6.07) is 9.46. The highest BCUT2D eigenvalue weighted by molar-refractivity contribution is 9.10. The zero-order valence-electron chi connectivity index (χ0n) is 11.2. The maximum Gasteiger partial charge on any atom is 0.238 e. The highest BCUT2D eigenvalue weighted by atomic mass is 79.9. The van der Waals surface area contributed by atoms with Gasteiger partial charge in [-0.1, -0.05) is 12.1 Å². The molecule has 0 aromatic heterocycles. The van der Waals surface area contributed by atoms with Gasteiger partial charge in [-0.25, -0.2) is 17.9 Å². The Kier molecular flexibility index (Phi) is 4.65. The van der Waals surface area contributed by atoms with Crippen LogP contribution in [-0.4, -0.2) is 8.42 Å². The molecule has 0 unspecified atom stereocenters. The van der Waals surface area contributed by atoms with Gasteiger partial charge in [0.05, 0.1) is 4.90 Å². The summed E-state index contributed by atoms with van der Waals surface area (Å²) in [6.07, 6.45) is 0. The lowest BCUT2D eigenvalue weighted by Gasteiger charge is -2.10. The fourth-order valence-corrected chi connectivity index (χ4v) is 2.97. The highest BCUT2D eigenvalue weighted by Gasteiger charge is 2.10. The van der Waals surface area contributed by atoms with E-state index in [4.69, 9.17) is 5.14 Å². The number of sulfonamides is 1. The Morgan fingerprint density at radius 2 is 1.95 bits per heavy atom. The van der Waals surface area contributed by atoms with Crippen LogP contribution < -0.4 is 10.5 Å². The predicted molar refractivity (Wildman–Crippen MR) is 84.0 cm³/mol. The molecule has 0 aliphatic heterocycles. The minimum atomic E-state index is -3.73. The third-order valence-electron chi connectivity index (χ3n) is 2.99. The fourth-order valence-electron chi connectivity index (χ4n) is 1.76. The standard InChI is InChI=1S/C14H14BrFN2O2S/c1-9-2-3-10(6-13(9)16)8-18-14-5-4-11(7-12(14)15)21(17,19)20/h2-7,18H,8H2,1H3,(H2,17,19,20). The molecule has 3 N–H and O–H groups in total. The summed E-state index contributed by atoms with van der Waals surface area (Å²) in [4.78, 5) is 0.0290. The van der Waals surface area contributed by atoms with Crippen LogP contribution in [-0.2, 0) is 16.6 Å². The number of benzene rings is 2. The maximum absolute atomic E-state index is 13.5.